The van der Waals surface area contributed by atoms with Gasteiger partial charge in [-0.1, -0.05) is 43.7 Å². The van der Waals surface area contributed by atoms with Gasteiger partial charge in [0.1, 0.15) is 5.78 Å². The lowest BCUT2D eigenvalue weighted by Crippen LogP contribution is -2.10. The highest BCUT2D eigenvalue weighted by molar-refractivity contribution is 5.82. The third kappa shape index (κ3) is 3.02. The minimum Gasteiger partial charge on any atom is -0.299 e. The molecule has 0 unspecified atom stereocenters. The lowest BCUT2D eigenvalue weighted by Gasteiger charge is -2.04. The number of aryl methyl sites for hydroxylation is 1. The fourth-order valence-corrected chi connectivity index (χ4v) is 1.23. The maximum atomic E-state index is 11.4. The zero-order valence-corrected chi connectivity index (χ0v) is 8.50. The number of hydrogen-bond donors (Lipinski definition) is 0. The molecular weight excluding hydrogens is 160 g/mol. The molecule has 0 radical (unpaired) electrons. The van der Waals surface area contributed by atoms with Crippen LogP contribution in [0.1, 0.15) is 25.0 Å². The number of Topliss-reactive ketones (excluding diaryl/α,β-unsaturated/α-hetero) is 1. The molecule has 0 saturated heterocycles. The summed E-state index contributed by atoms with van der Waals surface area (Å²) in [7, 11) is 0. The van der Waals surface area contributed by atoms with Crippen molar-refractivity contribution < 1.29 is 4.79 Å². The van der Waals surface area contributed by atoms with Crippen molar-refractivity contribution in [2.75, 3.05) is 0 Å². The summed E-state index contributed by atoms with van der Waals surface area (Å²) < 4.78 is 0. The molecule has 70 valence electrons. The largest absolute Gasteiger partial charge is 0.299 e. The van der Waals surface area contributed by atoms with E-state index in [1.54, 1.807) is 0 Å². The quantitative estimate of drug-likeness (QED) is 0.692. The van der Waals surface area contributed by atoms with E-state index < -0.39 is 0 Å². The van der Waals surface area contributed by atoms with Crippen LogP contribution in [0.2, 0.25) is 0 Å². The molecule has 1 heteroatoms. The molecule has 13 heavy (non-hydrogen) atoms. The zero-order valence-electron chi connectivity index (χ0n) is 8.50. The molecular formula is C12H16O. The van der Waals surface area contributed by atoms with E-state index in [9.17, 15) is 4.79 Å². The Labute approximate surface area is 79.8 Å². The van der Waals surface area contributed by atoms with E-state index in [2.05, 4.69) is 6.07 Å². The fourth-order valence-electron chi connectivity index (χ4n) is 1.23. The first-order valence-electron chi connectivity index (χ1n) is 4.68. The van der Waals surface area contributed by atoms with E-state index in [-0.39, 0.29) is 5.92 Å². The van der Waals surface area contributed by atoms with Crippen LogP contribution >= 0.6 is 0 Å². The summed E-state index contributed by atoms with van der Waals surface area (Å²) >= 11 is 0. The smallest absolute Gasteiger partial charge is 0.139 e. The van der Waals surface area contributed by atoms with Gasteiger partial charge in [0.15, 0.2) is 0 Å². The van der Waals surface area contributed by atoms with E-state index in [4.69, 9.17) is 0 Å². The predicted octanol–water partition coefficient (Wildman–Crippen LogP) is 2.76. The van der Waals surface area contributed by atoms with Crippen molar-refractivity contribution in [2.45, 2.75) is 27.2 Å². The van der Waals surface area contributed by atoms with Gasteiger partial charge in [-0.25, -0.2) is 0 Å². The Balaban J connectivity index is 2.69. The Hall–Kier alpha value is -1.11. The average molecular weight is 176 g/mol. The Morgan fingerprint density at radius 3 is 2.62 bits per heavy atom. The van der Waals surface area contributed by atoms with Gasteiger partial charge in [0.2, 0.25) is 0 Å². The zero-order chi connectivity index (χ0) is 9.84. The van der Waals surface area contributed by atoms with E-state index >= 15 is 0 Å². The average Bonchev–Trinajstić information content (AvgIpc) is 2.04. The first-order valence-corrected chi connectivity index (χ1v) is 4.68. The third-order valence-corrected chi connectivity index (χ3v) is 2.10. The molecule has 1 aromatic carbocycles. The van der Waals surface area contributed by atoms with Crippen molar-refractivity contribution in [3.05, 3.63) is 35.4 Å². The maximum absolute atomic E-state index is 11.4. The topological polar surface area (TPSA) is 17.1 Å². The number of ketones is 1. The normalized spacial score (nSPS) is 10.5. The lowest BCUT2D eigenvalue weighted by atomic mass is 10.0. The maximum Gasteiger partial charge on any atom is 0.139 e. The van der Waals surface area contributed by atoms with Gasteiger partial charge in [-0.05, 0) is 12.5 Å². The predicted molar refractivity (Wildman–Crippen MR) is 54.7 cm³/mol. The van der Waals surface area contributed by atoms with Crippen LogP contribution in [-0.2, 0) is 11.2 Å². The Morgan fingerprint density at radius 1 is 1.38 bits per heavy atom. The van der Waals surface area contributed by atoms with Crippen LogP contribution in [0.4, 0.5) is 0 Å². The van der Waals surface area contributed by atoms with Gasteiger partial charge in [0.05, 0.1) is 0 Å². The minimum absolute atomic E-state index is 0.139. The fraction of sp³-hybridized carbons (Fsp3) is 0.417. The summed E-state index contributed by atoms with van der Waals surface area (Å²) in [5, 5.41) is 0. The van der Waals surface area contributed by atoms with Crippen molar-refractivity contribution in [3.63, 3.8) is 0 Å². The molecule has 1 nitrogen and oxygen atoms in total. The van der Waals surface area contributed by atoms with E-state index in [1.165, 1.54) is 5.56 Å². The van der Waals surface area contributed by atoms with Crippen molar-refractivity contribution in [2.24, 2.45) is 5.92 Å². The van der Waals surface area contributed by atoms with Crippen LogP contribution < -0.4 is 0 Å². The molecule has 1 aromatic rings. The number of rotatable bonds is 3. The van der Waals surface area contributed by atoms with Gasteiger partial charge in [-0.3, -0.25) is 4.79 Å². The molecule has 0 heterocycles. The van der Waals surface area contributed by atoms with Crippen LogP contribution in [0.15, 0.2) is 24.3 Å². The highest BCUT2D eigenvalue weighted by Gasteiger charge is 2.07. The summed E-state index contributed by atoms with van der Waals surface area (Å²) in [6, 6.07) is 8.12. The third-order valence-electron chi connectivity index (χ3n) is 2.10. The van der Waals surface area contributed by atoms with Crippen LogP contribution in [0, 0.1) is 12.8 Å². The second kappa shape index (κ2) is 4.22. The second-order valence-corrected chi connectivity index (χ2v) is 3.79. The van der Waals surface area contributed by atoms with Gasteiger partial charge < -0.3 is 0 Å². The summed E-state index contributed by atoms with van der Waals surface area (Å²) in [5.74, 6) is 0.450. The molecule has 1 rings (SSSR count). The van der Waals surface area contributed by atoms with Crippen molar-refractivity contribution in [1.82, 2.24) is 0 Å². The summed E-state index contributed by atoms with van der Waals surface area (Å²) in [5.41, 5.74) is 2.34. The molecule has 0 fully saturated rings. The molecule has 0 spiro atoms. The van der Waals surface area contributed by atoms with Gasteiger partial charge in [0.25, 0.3) is 0 Å². The van der Waals surface area contributed by atoms with E-state index in [1.807, 2.05) is 39.0 Å². The van der Waals surface area contributed by atoms with E-state index in [0.717, 1.165) is 5.56 Å². The number of carbonyl (C=O) groups excluding carboxylic acids is 1. The van der Waals surface area contributed by atoms with Gasteiger partial charge in [-0.15, -0.1) is 0 Å². The molecule has 0 aliphatic carbocycles. The second-order valence-electron chi connectivity index (χ2n) is 3.79. The monoisotopic (exact) mass is 176 g/mol. The highest BCUT2D eigenvalue weighted by atomic mass is 16.1. The first kappa shape index (κ1) is 9.97. The highest BCUT2D eigenvalue weighted by Crippen LogP contribution is 2.07. The number of hydrogen-bond acceptors (Lipinski definition) is 1. The van der Waals surface area contributed by atoms with Crippen LogP contribution in [0.3, 0.4) is 0 Å². The Morgan fingerprint density at radius 2 is 2.08 bits per heavy atom. The van der Waals surface area contributed by atoms with Crippen LogP contribution in [0.5, 0.6) is 0 Å². The Bertz CT molecular complexity index is 300. The number of benzene rings is 1. The molecule has 0 saturated carbocycles. The molecule has 0 aliphatic rings. The first-order chi connectivity index (χ1) is 6.09. The van der Waals surface area contributed by atoms with Gasteiger partial charge in [0, 0.05) is 12.3 Å². The lowest BCUT2D eigenvalue weighted by molar-refractivity contribution is -0.121. The van der Waals surface area contributed by atoms with Gasteiger partial charge in [-0.2, -0.15) is 0 Å². The van der Waals surface area contributed by atoms with Crippen LogP contribution in [-0.4, -0.2) is 5.78 Å². The molecule has 0 aromatic heterocycles. The van der Waals surface area contributed by atoms with E-state index in [0.29, 0.717) is 12.2 Å². The van der Waals surface area contributed by atoms with Crippen molar-refractivity contribution in [1.29, 1.82) is 0 Å². The Kier molecular flexibility index (Phi) is 3.24. The van der Waals surface area contributed by atoms with Crippen molar-refractivity contribution >= 4 is 5.78 Å². The minimum atomic E-state index is 0.139. The summed E-state index contributed by atoms with van der Waals surface area (Å²) in [6.45, 7) is 5.93. The summed E-state index contributed by atoms with van der Waals surface area (Å²) in [4.78, 5) is 11.4. The molecule has 0 amide bonds. The summed E-state index contributed by atoms with van der Waals surface area (Å²) in [6.07, 6.45) is 0.569. The molecule has 0 N–H and O–H groups in total. The number of carbonyl (C=O) groups is 1. The standard InChI is InChI=1S/C12H16O/c1-9(2)12(13)8-11-6-4-5-10(3)7-11/h4-7,9H,8H2,1-3H3. The molecule has 0 bridgehead atoms. The van der Waals surface area contributed by atoms with Crippen LogP contribution in [0.25, 0.3) is 0 Å². The SMILES string of the molecule is Cc1cccc(CC(=O)C(C)C)c1. The molecule has 0 atom stereocenters. The van der Waals surface area contributed by atoms with Gasteiger partial charge >= 0.3 is 0 Å². The van der Waals surface area contributed by atoms with Crippen molar-refractivity contribution in [3.8, 4) is 0 Å². The molecule has 0 aliphatic heterocycles.